The number of carbonyl (C=O) groups excluding carboxylic acids is 2. The Bertz CT molecular complexity index is 967. The molecule has 0 unspecified atom stereocenters. The van der Waals surface area contributed by atoms with Crippen LogP contribution in [0.4, 0.5) is 0 Å². The molecule has 0 spiro atoms. The van der Waals surface area contributed by atoms with E-state index in [0.29, 0.717) is 13.1 Å². The number of nitrogens with zero attached hydrogens (tertiary/aromatic N) is 1. The molecule has 2 amide bonds. The molecule has 4 rings (SSSR count). The van der Waals surface area contributed by atoms with E-state index in [1.165, 1.54) is 5.39 Å². The molecule has 1 saturated heterocycles. The van der Waals surface area contributed by atoms with E-state index in [4.69, 9.17) is 4.74 Å². The minimum atomic E-state index is -0.607. The Hall–Kier alpha value is -3.12. The molecule has 6 nitrogen and oxygen atoms in total. The Morgan fingerprint density at radius 3 is 2.79 bits per heavy atom. The number of fused-ring (bicyclic) bond motifs is 1. The minimum Gasteiger partial charge on any atom is -0.369 e. The fourth-order valence-corrected chi connectivity index (χ4v) is 3.58. The van der Waals surface area contributed by atoms with Gasteiger partial charge >= 0.3 is 0 Å². The number of aromatic nitrogens is 1. The molecule has 2 heterocycles. The number of amides is 2. The second-order valence-corrected chi connectivity index (χ2v) is 6.94. The van der Waals surface area contributed by atoms with Crippen molar-refractivity contribution in [3.05, 3.63) is 71.9 Å². The van der Waals surface area contributed by atoms with E-state index >= 15 is 0 Å². The number of hydrogen-bond donors (Lipinski definition) is 2. The first-order chi connectivity index (χ1) is 13.7. The first-order valence-corrected chi connectivity index (χ1v) is 9.46. The van der Waals surface area contributed by atoms with Gasteiger partial charge in [-0.05, 0) is 23.6 Å². The number of aromatic amines is 1. The van der Waals surface area contributed by atoms with E-state index in [0.717, 1.165) is 23.1 Å². The average Bonchev–Trinajstić information content (AvgIpc) is 3.13. The number of rotatable bonds is 6. The number of benzene rings is 2. The van der Waals surface area contributed by atoms with Crippen LogP contribution in [0, 0.1) is 0 Å². The summed E-state index contributed by atoms with van der Waals surface area (Å²) < 4.78 is 5.34. The van der Waals surface area contributed by atoms with Crippen LogP contribution in [0.15, 0.2) is 60.8 Å². The van der Waals surface area contributed by atoms with Crippen LogP contribution in [0.25, 0.3) is 10.9 Å². The summed E-state index contributed by atoms with van der Waals surface area (Å²) in [6.45, 7) is 1.15. The number of ether oxygens (including phenoxy) is 1. The lowest BCUT2D eigenvalue weighted by molar-refractivity contribution is -0.155. The minimum absolute atomic E-state index is 0.0198. The molecule has 1 aliphatic heterocycles. The third-order valence-corrected chi connectivity index (χ3v) is 5.06. The maximum absolute atomic E-state index is 12.7. The average molecular weight is 377 g/mol. The molecule has 144 valence electrons. The van der Waals surface area contributed by atoms with Crippen molar-refractivity contribution in [3.8, 4) is 0 Å². The number of nitrogens with one attached hydrogen (secondary N) is 2. The molecule has 0 saturated carbocycles. The van der Waals surface area contributed by atoms with Crippen LogP contribution in [0.1, 0.15) is 11.1 Å². The molecular formula is C22H23N3O3. The van der Waals surface area contributed by atoms with Crippen molar-refractivity contribution in [1.82, 2.24) is 15.2 Å². The molecule has 0 bridgehead atoms. The maximum Gasteiger partial charge on any atom is 0.249 e. The lowest BCUT2D eigenvalue weighted by atomic mass is 10.1. The van der Waals surface area contributed by atoms with Crippen LogP contribution in [0.2, 0.25) is 0 Å². The van der Waals surface area contributed by atoms with Gasteiger partial charge in [0.05, 0.1) is 6.61 Å². The Kier molecular flexibility index (Phi) is 5.39. The summed E-state index contributed by atoms with van der Waals surface area (Å²) in [4.78, 5) is 29.9. The summed E-state index contributed by atoms with van der Waals surface area (Å²) in [5.74, 6) is -0.337. The van der Waals surface area contributed by atoms with Gasteiger partial charge in [-0.1, -0.05) is 48.5 Å². The zero-order chi connectivity index (χ0) is 19.3. The first kappa shape index (κ1) is 18.3. The lowest BCUT2D eigenvalue weighted by Gasteiger charge is -2.34. The van der Waals surface area contributed by atoms with Crippen LogP contribution in [-0.4, -0.2) is 47.5 Å². The summed E-state index contributed by atoms with van der Waals surface area (Å²) >= 11 is 0. The van der Waals surface area contributed by atoms with Gasteiger partial charge in [-0.2, -0.15) is 0 Å². The Balaban J connectivity index is 1.38. The second kappa shape index (κ2) is 8.27. The van der Waals surface area contributed by atoms with Gasteiger partial charge in [0.2, 0.25) is 11.8 Å². The van der Waals surface area contributed by atoms with Gasteiger partial charge in [-0.15, -0.1) is 0 Å². The number of carbonyl (C=O) groups is 2. The number of morpholine rings is 1. The number of para-hydroxylation sites is 1. The lowest BCUT2D eigenvalue weighted by Crippen LogP contribution is -2.56. The smallest absolute Gasteiger partial charge is 0.249 e. The summed E-state index contributed by atoms with van der Waals surface area (Å²) in [5.41, 5.74) is 3.24. The molecule has 6 heteroatoms. The van der Waals surface area contributed by atoms with Gasteiger partial charge in [0.1, 0.15) is 12.6 Å². The van der Waals surface area contributed by atoms with Crippen LogP contribution < -0.4 is 5.32 Å². The van der Waals surface area contributed by atoms with Gasteiger partial charge in [-0.3, -0.25) is 9.59 Å². The molecule has 2 aromatic carbocycles. The molecule has 28 heavy (non-hydrogen) atoms. The molecule has 1 fully saturated rings. The van der Waals surface area contributed by atoms with Gasteiger partial charge in [0.15, 0.2) is 0 Å². The number of H-pyrrole nitrogens is 1. The molecule has 0 radical (unpaired) electrons. The molecule has 2 N–H and O–H groups in total. The molecular weight excluding hydrogens is 354 g/mol. The maximum atomic E-state index is 12.7. The SMILES string of the molecule is O=C(NCCc1c[nH]c2ccccc12)[C@H]1COCC(=O)N1Cc1ccccc1. The quantitative estimate of drug-likeness (QED) is 0.692. The normalized spacial score (nSPS) is 17.1. The van der Waals surface area contributed by atoms with E-state index in [2.05, 4.69) is 16.4 Å². The first-order valence-electron chi connectivity index (χ1n) is 9.46. The predicted molar refractivity (Wildman–Crippen MR) is 107 cm³/mol. The second-order valence-electron chi connectivity index (χ2n) is 6.94. The zero-order valence-corrected chi connectivity index (χ0v) is 15.6. The van der Waals surface area contributed by atoms with E-state index in [-0.39, 0.29) is 25.0 Å². The van der Waals surface area contributed by atoms with Crippen molar-refractivity contribution in [2.45, 2.75) is 19.0 Å². The van der Waals surface area contributed by atoms with E-state index < -0.39 is 6.04 Å². The Morgan fingerprint density at radius 2 is 1.93 bits per heavy atom. The monoisotopic (exact) mass is 377 g/mol. The van der Waals surface area contributed by atoms with Crippen LogP contribution in [0.3, 0.4) is 0 Å². The van der Waals surface area contributed by atoms with Crippen molar-refractivity contribution in [1.29, 1.82) is 0 Å². The van der Waals surface area contributed by atoms with E-state index in [9.17, 15) is 9.59 Å². The van der Waals surface area contributed by atoms with Gasteiger partial charge in [0, 0.05) is 30.2 Å². The molecule has 1 atom stereocenters. The van der Waals surface area contributed by atoms with Crippen molar-refractivity contribution < 1.29 is 14.3 Å². The highest BCUT2D eigenvalue weighted by Gasteiger charge is 2.33. The fraction of sp³-hybridized carbons (Fsp3) is 0.273. The summed E-state index contributed by atoms with van der Waals surface area (Å²) in [6, 6.07) is 17.2. The molecule has 1 aliphatic rings. The standard InChI is InChI=1S/C22H23N3O3/c26-21-15-28-14-20(25(21)13-16-6-2-1-3-7-16)22(27)23-11-10-17-12-24-19-9-5-4-8-18(17)19/h1-9,12,20,24H,10-11,13-15H2,(H,23,27)/t20-/m1/s1. The predicted octanol–water partition coefficient (Wildman–Crippen LogP) is 2.25. The van der Waals surface area contributed by atoms with Gasteiger partial charge < -0.3 is 19.9 Å². The summed E-state index contributed by atoms with van der Waals surface area (Å²) in [6.07, 6.45) is 2.70. The molecule has 0 aliphatic carbocycles. The fourth-order valence-electron chi connectivity index (χ4n) is 3.58. The highest BCUT2D eigenvalue weighted by atomic mass is 16.5. The van der Waals surface area contributed by atoms with Crippen LogP contribution in [0.5, 0.6) is 0 Å². The van der Waals surface area contributed by atoms with Crippen LogP contribution >= 0.6 is 0 Å². The van der Waals surface area contributed by atoms with Crippen molar-refractivity contribution in [3.63, 3.8) is 0 Å². The summed E-state index contributed by atoms with van der Waals surface area (Å²) in [5, 5.41) is 4.13. The van der Waals surface area contributed by atoms with E-state index in [1.807, 2.05) is 54.7 Å². The van der Waals surface area contributed by atoms with Crippen LogP contribution in [-0.2, 0) is 27.3 Å². The van der Waals surface area contributed by atoms with Gasteiger partial charge in [-0.25, -0.2) is 0 Å². The summed E-state index contributed by atoms with van der Waals surface area (Å²) in [7, 11) is 0. The van der Waals surface area contributed by atoms with E-state index in [1.54, 1.807) is 4.90 Å². The van der Waals surface area contributed by atoms with Crippen molar-refractivity contribution >= 4 is 22.7 Å². The highest BCUT2D eigenvalue weighted by Crippen LogP contribution is 2.18. The largest absolute Gasteiger partial charge is 0.369 e. The zero-order valence-electron chi connectivity index (χ0n) is 15.6. The molecule has 3 aromatic rings. The third-order valence-electron chi connectivity index (χ3n) is 5.06. The van der Waals surface area contributed by atoms with Crippen molar-refractivity contribution in [2.24, 2.45) is 0 Å². The van der Waals surface area contributed by atoms with Crippen molar-refractivity contribution in [2.75, 3.05) is 19.8 Å². The number of hydrogen-bond acceptors (Lipinski definition) is 3. The Morgan fingerprint density at radius 1 is 1.14 bits per heavy atom. The van der Waals surface area contributed by atoms with Gasteiger partial charge in [0.25, 0.3) is 0 Å². The third kappa shape index (κ3) is 3.92. The highest BCUT2D eigenvalue weighted by molar-refractivity contribution is 5.89. The topological polar surface area (TPSA) is 74.4 Å². The molecule has 1 aromatic heterocycles. The Labute approximate surface area is 163 Å².